The van der Waals surface area contributed by atoms with Gasteiger partial charge in [0, 0.05) is 25.6 Å². The molecular weight excluding hydrogens is 642 g/mol. The van der Waals surface area contributed by atoms with E-state index in [1.54, 1.807) is 32.8 Å². The standard InChI is InChI=1S/C36H59N7O7/c1-22-18-25(20-42(22)33(47)28(35(4,5)6)40-31(45)23(2)38-10)49-16-14-12-13-15-17-50-26-19-27(30(37)44)43(21-26)34(48)29(36(7,8)9)41-32(46)24(3)39-11/h22-29,38-39H,16-21H2,1-11H3,(H2,37,44)(H,40,45)(H,41,46)/t22-,23+,24+,25+,26+,27+,28-,29-/m1/s1. The van der Waals surface area contributed by atoms with Crippen LogP contribution in [0.4, 0.5) is 0 Å². The summed E-state index contributed by atoms with van der Waals surface area (Å²) in [5.41, 5.74) is 4.54. The van der Waals surface area contributed by atoms with E-state index in [-0.39, 0.29) is 56.0 Å². The Kier molecular flexibility index (Phi) is 15.7. The normalized spacial score (nSPS) is 23.0. The molecule has 0 radical (unpaired) electrons. The maximum atomic E-state index is 13.6. The van der Waals surface area contributed by atoms with Crippen molar-refractivity contribution < 1.29 is 33.4 Å². The zero-order valence-electron chi connectivity index (χ0n) is 31.7. The molecule has 0 saturated carbocycles. The first-order valence-corrected chi connectivity index (χ1v) is 17.3. The summed E-state index contributed by atoms with van der Waals surface area (Å²) in [6, 6.07) is -3.41. The SMILES string of the molecule is CN[C@@H](C)C(=O)N[C@H](C(=O)N1C[C@@H](OCC#CC#CCO[C@H]2C[C@@H](C(N)=O)N(C(=O)[C@@H](NC(=O)[C@H](C)NC)C(C)(C)C)C2)C[C@H]1C)C(C)(C)C. The second kappa shape index (κ2) is 18.5. The van der Waals surface area contributed by atoms with Gasteiger partial charge in [0.25, 0.3) is 0 Å². The van der Waals surface area contributed by atoms with Crippen molar-refractivity contribution >= 4 is 29.5 Å². The van der Waals surface area contributed by atoms with E-state index in [2.05, 4.69) is 44.9 Å². The molecular formula is C36H59N7O7. The van der Waals surface area contributed by atoms with E-state index in [1.807, 2.05) is 48.5 Å². The quantitative estimate of drug-likeness (QED) is 0.162. The number of likely N-dealkylation sites (N-methyl/N-ethyl adjacent to an activating group) is 2. The lowest BCUT2D eigenvalue weighted by Gasteiger charge is -2.35. The van der Waals surface area contributed by atoms with Gasteiger partial charge in [-0.1, -0.05) is 53.4 Å². The van der Waals surface area contributed by atoms with E-state index in [0.29, 0.717) is 13.0 Å². The molecule has 14 nitrogen and oxygen atoms in total. The summed E-state index contributed by atoms with van der Waals surface area (Å²) in [6.07, 6.45) is 0.200. The number of hydrogen-bond acceptors (Lipinski definition) is 9. The predicted molar refractivity (Wildman–Crippen MR) is 190 cm³/mol. The number of nitrogens with two attached hydrogens (primary N) is 1. The zero-order chi connectivity index (χ0) is 38.0. The number of primary amides is 1. The molecule has 6 N–H and O–H groups in total. The third kappa shape index (κ3) is 12.0. The van der Waals surface area contributed by atoms with Gasteiger partial charge >= 0.3 is 0 Å². The van der Waals surface area contributed by atoms with Gasteiger partial charge in [-0.15, -0.1) is 0 Å². The summed E-state index contributed by atoms with van der Waals surface area (Å²) < 4.78 is 11.8. The Hall–Kier alpha value is -3.69. The highest BCUT2D eigenvalue weighted by atomic mass is 16.5. The van der Waals surface area contributed by atoms with Crippen molar-refractivity contribution in [1.82, 2.24) is 31.1 Å². The predicted octanol–water partition coefficient (Wildman–Crippen LogP) is -0.252. The van der Waals surface area contributed by atoms with Crippen LogP contribution in [0.5, 0.6) is 0 Å². The smallest absolute Gasteiger partial charge is 0.246 e. The Morgan fingerprint density at radius 3 is 1.54 bits per heavy atom. The molecule has 0 spiro atoms. The number of amides is 5. The summed E-state index contributed by atoms with van der Waals surface area (Å²) >= 11 is 0. The van der Waals surface area contributed by atoms with E-state index < -0.39 is 59.0 Å². The molecule has 0 bridgehead atoms. The van der Waals surface area contributed by atoms with Crippen molar-refractivity contribution in [1.29, 1.82) is 0 Å². The number of carbonyl (C=O) groups excluding carboxylic acids is 5. The van der Waals surface area contributed by atoms with Gasteiger partial charge in [-0.2, -0.15) is 0 Å². The minimum absolute atomic E-state index is 0.0304. The van der Waals surface area contributed by atoms with Crippen molar-refractivity contribution in [3.05, 3.63) is 0 Å². The van der Waals surface area contributed by atoms with E-state index in [9.17, 15) is 24.0 Å². The summed E-state index contributed by atoms with van der Waals surface area (Å²) in [4.78, 5) is 67.7. The van der Waals surface area contributed by atoms with Crippen LogP contribution in [-0.4, -0.2) is 128 Å². The molecule has 280 valence electrons. The van der Waals surface area contributed by atoms with Gasteiger partial charge in [-0.3, -0.25) is 24.0 Å². The van der Waals surface area contributed by atoms with E-state index >= 15 is 0 Å². The van der Waals surface area contributed by atoms with Crippen LogP contribution in [0, 0.1) is 34.5 Å². The van der Waals surface area contributed by atoms with E-state index in [4.69, 9.17) is 15.2 Å². The summed E-state index contributed by atoms with van der Waals surface area (Å²) in [7, 11) is 3.35. The Bertz CT molecular complexity index is 1350. The van der Waals surface area contributed by atoms with E-state index in [0.717, 1.165) is 0 Å². The average molecular weight is 702 g/mol. The Labute approximate surface area is 298 Å². The lowest BCUT2D eigenvalue weighted by molar-refractivity contribution is -0.143. The molecule has 5 amide bonds. The van der Waals surface area contributed by atoms with Crippen LogP contribution in [0.3, 0.4) is 0 Å². The summed E-state index contributed by atoms with van der Waals surface area (Å²) in [5.74, 6) is 9.42. The van der Waals surface area contributed by atoms with Crippen molar-refractivity contribution in [2.24, 2.45) is 16.6 Å². The number of likely N-dealkylation sites (tertiary alicyclic amines) is 2. The Morgan fingerprint density at radius 1 is 0.740 bits per heavy atom. The topological polar surface area (TPSA) is 184 Å². The molecule has 2 aliphatic heterocycles. The number of rotatable bonds is 13. The molecule has 2 saturated heterocycles. The van der Waals surface area contributed by atoms with Crippen molar-refractivity contribution in [2.45, 2.75) is 124 Å². The third-order valence-electron chi connectivity index (χ3n) is 9.17. The molecule has 2 fully saturated rings. The summed E-state index contributed by atoms with van der Waals surface area (Å²) in [5, 5.41) is 11.5. The minimum atomic E-state index is -0.875. The van der Waals surface area contributed by atoms with Crippen LogP contribution in [-0.2, 0) is 33.4 Å². The van der Waals surface area contributed by atoms with Crippen LogP contribution in [0.1, 0.15) is 75.2 Å². The fraction of sp³-hybridized carbons (Fsp3) is 0.750. The van der Waals surface area contributed by atoms with Gasteiger partial charge in [0.15, 0.2) is 0 Å². The minimum Gasteiger partial charge on any atom is -0.368 e. The first-order chi connectivity index (χ1) is 23.2. The zero-order valence-corrected chi connectivity index (χ0v) is 31.7. The highest BCUT2D eigenvalue weighted by molar-refractivity contribution is 5.93. The average Bonchev–Trinajstić information content (AvgIpc) is 3.64. The molecule has 2 aliphatic rings. The molecule has 2 rings (SSSR count). The lowest BCUT2D eigenvalue weighted by Crippen LogP contribution is -2.59. The number of hydrogen-bond donors (Lipinski definition) is 5. The van der Waals surface area contributed by atoms with Crippen molar-refractivity contribution in [2.75, 3.05) is 40.4 Å². The molecule has 50 heavy (non-hydrogen) atoms. The second-order valence-electron chi connectivity index (χ2n) is 15.3. The molecule has 8 atom stereocenters. The number of nitrogens with zero attached hydrogens (tertiary/aromatic N) is 2. The Morgan fingerprint density at radius 2 is 1.14 bits per heavy atom. The van der Waals surface area contributed by atoms with Crippen LogP contribution < -0.4 is 27.0 Å². The lowest BCUT2D eigenvalue weighted by atomic mass is 9.85. The molecule has 0 aromatic carbocycles. The van der Waals surface area contributed by atoms with Gasteiger partial charge in [-0.05, 0) is 64.0 Å². The van der Waals surface area contributed by atoms with Crippen LogP contribution in [0.15, 0.2) is 0 Å². The van der Waals surface area contributed by atoms with Crippen LogP contribution in [0.2, 0.25) is 0 Å². The van der Waals surface area contributed by atoms with Gasteiger partial charge in [0.1, 0.15) is 31.3 Å². The first kappa shape index (κ1) is 42.5. The third-order valence-corrected chi connectivity index (χ3v) is 9.17. The van der Waals surface area contributed by atoms with Crippen LogP contribution in [0.25, 0.3) is 0 Å². The van der Waals surface area contributed by atoms with Crippen LogP contribution >= 0.6 is 0 Å². The monoisotopic (exact) mass is 701 g/mol. The van der Waals surface area contributed by atoms with E-state index in [1.165, 1.54) is 4.90 Å². The molecule has 0 aromatic rings. The fourth-order valence-corrected chi connectivity index (χ4v) is 5.75. The van der Waals surface area contributed by atoms with Gasteiger partial charge in [0.2, 0.25) is 29.5 Å². The maximum absolute atomic E-state index is 13.6. The van der Waals surface area contributed by atoms with Gasteiger partial charge in [0.05, 0.1) is 24.3 Å². The Balaban J connectivity index is 1.91. The number of nitrogens with one attached hydrogen (secondary N) is 4. The highest BCUT2D eigenvalue weighted by Gasteiger charge is 2.45. The first-order valence-electron chi connectivity index (χ1n) is 17.3. The largest absolute Gasteiger partial charge is 0.368 e. The molecule has 0 aromatic heterocycles. The summed E-state index contributed by atoms with van der Waals surface area (Å²) in [6.45, 7) is 17.4. The molecule has 2 heterocycles. The van der Waals surface area contributed by atoms with Gasteiger partial charge in [-0.25, -0.2) is 0 Å². The number of ether oxygens (including phenoxy) is 2. The maximum Gasteiger partial charge on any atom is 0.246 e. The molecule has 0 aliphatic carbocycles. The molecule has 0 unspecified atom stereocenters. The second-order valence-corrected chi connectivity index (χ2v) is 15.3. The molecule has 14 heteroatoms. The van der Waals surface area contributed by atoms with Gasteiger partial charge < -0.3 is 46.3 Å². The van der Waals surface area contributed by atoms with Crippen molar-refractivity contribution in [3.8, 4) is 23.7 Å². The number of carbonyl (C=O) groups is 5. The fourth-order valence-electron chi connectivity index (χ4n) is 5.75. The van der Waals surface area contributed by atoms with Crippen molar-refractivity contribution in [3.63, 3.8) is 0 Å². The highest BCUT2D eigenvalue weighted by Crippen LogP contribution is 2.28.